The molecule has 6 nitrogen and oxygen atoms in total. The molecule has 8 heteroatoms. The lowest BCUT2D eigenvalue weighted by atomic mass is 10.00. The van der Waals surface area contributed by atoms with Crippen molar-refractivity contribution in [1.82, 2.24) is 4.98 Å². The van der Waals surface area contributed by atoms with Gasteiger partial charge in [0.1, 0.15) is 23.4 Å². The van der Waals surface area contributed by atoms with E-state index in [-0.39, 0.29) is 5.78 Å². The second-order valence-electron chi connectivity index (χ2n) is 9.40. The Labute approximate surface area is 247 Å². The Hall–Kier alpha value is -4.46. The molecule has 41 heavy (non-hydrogen) atoms. The van der Waals surface area contributed by atoms with E-state index in [9.17, 15) is 14.7 Å². The number of nitrogens with one attached hydrogen (secondary N) is 1. The average Bonchev–Trinajstić information content (AvgIpc) is 3.48. The second kappa shape index (κ2) is 13.3. The summed E-state index contributed by atoms with van der Waals surface area (Å²) in [5.41, 5.74) is 4.32. The van der Waals surface area contributed by atoms with E-state index in [0.29, 0.717) is 47.0 Å². The quantitative estimate of drug-likeness (QED) is 0.146. The molecular weight excluding hydrogens is 556 g/mol. The van der Waals surface area contributed by atoms with Crippen molar-refractivity contribution in [2.45, 2.75) is 25.5 Å². The van der Waals surface area contributed by atoms with Crippen molar-refractivity contribution in [3.8, 4) is 16.3 Å². The molecule has 0 fully saturated rings. The molecule has 0 aliphatic rings. The molecule has 0 radical (unpaired) electrons. The van der Waals surface area contributed by atoms with Crippen molar-refractivity contribution in [3.05, 3.63) is 136 Å². The zero-order valence-electron chi connectivity index (χ0n) is 22.0. The van der Waals surface area contributed by atoms with Gasteiger partial charge in [-0.1, -0.05) is 78.3 Å². The largest absolute Gasteiger partial charge is 0.487 e. The number of carbonyl (C=O) groups excluding carboxylic acids is 1. The van der Waals surface area contributed by atoms with Crippen molar-refractivity contribution in [3.63, 3.8) is 0 Å². The maximum atomic E-state index is 13.0. The molecule has 0 saturated heterocycles. The van der Waals surface area contributed by atoms with Gasteiger partial charge < -0.3 is 15.2 Å². The van der Waals surface area contributed by atoms with Gasteiger partial charge in [0, 0.05) is 32.8 Å². The Bertz CT molecular complexity index is 1620. The minimum Gasteiger partial charge on any atom is -0.487 e. The fourth-order valence-electron chi connectivity index (χ4n) is 4.32. The smallest absolute Gasteiger partial charge is 0.326 e. The molecule has 0 amide bonds. The van der Waals surface area contributed by atoms with Crippen LogP contribution in [-0.4, -0.2) is 27.9 Å². The molecule has 2 N–H and O–H groups in total. The Balaban J connectivity index is 1.17. The van der Waals surface area contributed by atoms with Crippen molar-refractivity contribution in [2.24, 2.45) is 0 Å². The molecule has 206 valence electrons. The van der Waals surface area contributed by atoms with E-state index in [1.807, 2.05) is 60.0 Å². The van der Waals surface area contributed by atoms with Gasteiger partial charge in [-0.15, -0.1) is 11.3 Å². The van der Waals surface area contributed by atoms with E-state index in [0.717, 1.165) is 21.8 Å². The van der Waals surface area contributed by atoms with Gasteiger partial charge in [0.2, 0.25) is 0 Å². The van der Waals surface area contributed by atoms with Gasteiger partial charge in [0.05, 0.1) is 5.69 Å². The number of para-hydroxylation sites is 1. The first kappa shape index (κ1) is 28.1. The first-order valence-electron chi connectivity index (χ1n) is 13.1. The summed E-state index contributed by atoms with van der Waals surface area (Å²) in [5, 5.41) is 16.5. The number of carboxylic acids is 1. The fraction of sp³-hybridized carbons (Fsp3) is 0.121. The van der Waals surface area contributed by atoms with Crippen LogP contribution in [0.4, 0.5) is 5.69 Å². The number of aliphatic carboxylic acids is 1. The van der Waals surface area contributed by atoms with Crippen LogP contribution in [0.3, 0.4) is 0 Å². The minimum absolute atomic E-state index is 0.160. The highest BCUT2D eigenvalue weighted by atomic mass is 35.5. The van der Waals surface area contributed by atoms with Crippen molar-refractivity contribution in [1.29, 1.82) is 0 Å². The molecule has 0 aliphatic carbocycles. The van der Waals surface area contributed by atoms with Crippen molar-refractivity contribution < 1.29 is 19.4 Å². The first-order chi connectivity index (χ1) is 20.0. The molecule has 0 bridgehead atoms. The third kappa shape index (κ3) is 7.39. The van der Waals surface area contributed by atoms with Crippen LogP contribution in [0.1, 0.15) is 33.6 Å². The van der Waals surface area contributed by atoms with Crippen LogP contribution in [0, 0.1) is 0 Å². The highest BCUT2D eigenvalue weighted by Crippen LogP contribution is 2.26. The molecular formula is C33H27ClN2O4S. The molecule has 1 unspecified atom stereocenters. The molecule has 1 heterocycles. The predicted octanol–water partition coefficient (Wildman–Crippen LogP) is 7.77. The summed E-state index contributed by atoms with van der Waals surface area (Å²) < 4.78 is 5.91. The van der Waals surface area contributed by atoms with Crippen molar-refractivity contribution in [2.75, 3.05) is 5.32 Å². The number of nitrogens with zero attached hydrogens (tertiary/aromatic N) is 1. The van der Waals surface area contributed by atoms with Crippen LogP contribution in [-0.2, 0) is 17.8 Å². The maximum Gasteiger partial charge on any atom is 0.326 e. The van der Waals surface area contributed by atoms with Crippen LogP contribution in [0.2, 0.25) is 5.02 Å². The van der Waals surface area contributed by atoms with Gasteiger partial charge in [-0.25, -0.2) is 9.78 Å². The molecule has 5 aromatic rings. The topological polar surface area (TPSA) is 88.5 Å². The highest BCUT2D eigenvalue weighted by Gasteiger charge is 2.21. The number of ether oxygens (including phenoxy) is 1. The zero-order chi connectivity index (χ0) is 28.6. The van der Waals surface area contributed by atoms with Gasteiger partial charge in [-0.05, 0) is 54.8 Å². The minimum atomic E-state index is -0.979. The SMILES string of the molecule is O=C(c1ccccc1)c1ccccc1NC(CCc1ccc(OCc2csc(-c3ccc(Cl)cc3)n2)cc1)C(=O)O. The van der Waals surface area contributed by atoms with E-state index in [4.69, 9.17) is 16.3 Å². The zero-order valence-corrected chi connectivity index (χ0v) is 23.6. The van der Waals surface area contributed by atoms with Crippen LogP contribution >= 0.6 is 22.9 Å². The van der Waals surface area contributed by atoms with Gasteiger partial charge >= 0.3 is 5.97 Å². The number of rotatable bonds is 12. The number of hydrogen-bond acceptors (Lipinski definition) is 6. The van der Waals surface area contributed by atoms with E-state index < -0.39 is 12.0 Å². The van der Waals surface area contributed by atoms with Crippen LogP contribution in [0.25, 0.3) is 10.6 Å². The summed E-state index contributed by atoms with van der Waals surface area (Å²) in [7, 11) is 0. The van der Waals surface area contributed by atoms with Crippen LogP contribution in [0.5, 0.6) is 5.75 Å². The molecule has 4 aromatic carbocycles. The fourth-order valence-corrected chi connectivity index (χ4v) is 5.25. The lowest BCUT2D eigenvalue weighted by Crippen LogP contribution is -2.30. The average molecular weight is 583 g/mol. The number of aromatic nitrogens is 1. The van der Waals surface area contributed by atoms with Gasteiger partial charge in [0.25, 0.3) is 0 Å². The van der Waals surface area contributed by atoms with E-state index in [1.54, 1.807) is 59.9 Å². The number of ketones is 1. The molecule has 0 spiro atoms. The summed E-state index contributed by atoms with van der Waals surface area (Å²) in [4.78, 5) is 29.8. The number of carbonyl (C=O) groups is 2. The molecule has 1 atom stereocenters. The summed E-state index contributed by atoms with van der Waals surface area (Å²) in [6.45, 7) is 0.343. The Morgan fingerprint density at radius 3 is 2.34 bits per heavy atom. The highest BCUT2D eigenvalue weighted by molar-refractivity contribution is 7.13. The predicted molar refractivity (Wildman–Crippen MR) is 163 cm³/mol. The van der Waals surface area contributed by atoms with Crippen molar-refractivity contribution >= 4 is 40.4 Å². The molecule has 0 saturated carbocycles. The van der Waals surface area contributed by atoms with E-state index in [2.05, 4.69) is 10.3 Å². The number of halogens is 1. The molecule has 5 rings (SSSR count). The number of aryl methyl sites for hydroxylation is 1. The standard InChI is InChI=1S/C33H27ClN2O4S/c34-25-15-13-24(14-16-25)32-35-26(21-41-32)20-40-27-17-10-22(11-18-27)12-19-30(33(38)39)36-29-9-5-4-8-28(29)31(37)23-6-2-1-3-7-23/h1-11,13-18,21,30,36H,12,19-20H2,(H,38,39). The monoisotopic (exact) mass is 582 g/mol. The summed E-state index contributed by atoms with van der Waals surface area (Å²) in [5.74, 6) is -0.434. The summed E-state index contributed by atoms with van der Waals surface area (Å²) in [6.07, 6.45) is 0.880. The second-order valence-corrected chi connectivity index (χ2v) is 10.7. The molecule has 0 aliphatic heterocycles. The summed E-state index contributed by atoms with van der Waals surface area (Å²) >= 11 is 7.53. The van der Waals surface area contributed by atoms with Gasteiger partial charge in [-0.2, -0.15) is 0 Å². The van der Waals surface area contributed by atoms with Gasteiger partial charge in [0.15, 0.2) is 5.78 Å². The van der Waals surface area contributed by atoms with E-state index in [1.165, 1.54) is 0 Å². The third-order valence-electron chi connectivity index (χ3n) is 6.51. The Morgan fingerprint density at radius 2 is 1.61 bits per heavy atom. The number of carboxylic acid groups (broad SMARTS) is 1. The summed E-state index contributed by atoms with van der Waals surface area (Å²) in [6, 6.07) is 30.3. The number of benzene rings is 4. The lowest BCUT2D eigenvalue weighted by molar-refractivity contribution is -0.138. The van der Waals surface area contributed by atoms with Gasteiger partial charge in [-0.3, -0.25) is 4.79 Å². The Kier molecular flexibility index (Phi) is 9.08. The van der Waals surface area contributed by atoms with Crippen LogP contribution in [0.15, 0.2) is 109 Å². The molecule has 1 aromatic heterocycles. The normalized spacial score (nSPS) is 11.5. The lowest BCUT2D eigenvalue weighted by Gasteiger charge is -2.18. The Morgan fingerprint density at radius 1 is 0.902 bits per heavy atom. The number of anilines is 1. The maximum absolute atomic E-state index is 13.0. The third-order valence-corrected chi connectivity index (χ3v) is 7.70. The first-order valence-corrected chi connectivity index (χ1v) is 14.3. The number of thiazole rings is 1. The van der Waals surface area contributed by atoms with E-state index >= 15 is 0 Å². The number of hydrogen-bond donors (Lipinski definition) is 2. The van der Waals surface area contributed by atoms with Crippen LogP contribution < -0.4 is 10.1 Å².